The van der Waals surface area contributed by atoms with Gasteiger partial charge in [-0.2, -0.15) is 13.2 Å². The molecule has 1 aliphatic carbocycles. The monoisotopic (exact) mass is 506 g/mol. The molecule has 0 unspecified atom stereocenters. The lowest BCUT2D eigenvalue weighted by atomic mass is 9.86. The molecule has 0 spiro atoms. The summed E-state index contributed by atoms with van der Waals surface area (Å²) in [5.41, 5.74) is 0.834. The molecule has 2 heterocycles. The van der Waals surface area contributed by atoms with Gasteiger partial charge in [0.05, 0.1) is 30.4 Å². The second kappa shape index (κ2) is 9.07. The minimum Gasteiger partial charge on any atom is -0.490 e. The van der Waals surface area contributed by atoms with E-state index in [1.54, 1.807) is 12.1 Å². The summed E-state index contributed by atoms with van der Waals surface area (Å²) >= 11 is 6.18. The molecule has 0 atom stereocenters. The van der Waals surface area contributed by atoms with Gasteiger partial charge in [-0.25, -0.2) is 4.79 Å². The first-order valence-electron chi connectivity index (χ1n) is 11.2. The third-order valence-corrected chi connectivity index (χ3v) is 6.74. The largest absolute Gasteiger partial charge is 0.490 e. The number of rotatable bonds is 3. The number of halogens is 4. The van der Waals surface area contributed by atoms with Gasteiger partial charge >= 0.3 is 12.3 Å². The summed E-state index contributed by atoms with van der Waals surface area (Å²) in [4.78, 5) is 13.0. The van der Waals surface area contributed by atoms with Crippen molar-refractivity contribution in [3.63, 3.8) is 0 Å². The molecule has 2 aliphatic rings. The average molecular weight is 507 g/mol. The standard InChI is InChI=1S/C24H22ClF3N4O3/c25-17-6-9-20-15(10-17)12-31(23(33)34)13-21-29-30-22(32(20)21)14-4-7-18(8-5-14)35-19-3-1-2-16(11-19)24(26,27)28/h1-3,6,9-11,14,18H,4-5,7-8,12-13H2,(H,33,34). The first kappa shape index (κ1) is 23.5. The normalized spacial score (nSPS) is 20.1. The first-order valence-corrected chi connectivity index (χ1v) is 11.6. The minimum absolute atomic E-state index is 0.0533. The van der Waals surface area contributed by atoms with Crippen LogP contribution in [-0.4, -0.2) is 37.0 Å². The molecule has 0 saturated heterocycles. The number of carbonyl (C=O) groups is 1. The van der Waals surface area contributed by atoms with Crippen molar-refractivity contribution < 1.29 is 27.8 Å². The maximum atomic E-state index is 13.0. The van der Waals surface area contributed by atoms with Crippen molar-refractivity contribution in [1.82, 2.24) is 19.7 Å². The molecule has 1 aliphatic heterocycles. The molecule has 35 heavy (non-hydrogen) atoms. The number of hydrogen-bond donors (Lipinski definition) is 1. The van der Waals surface area contributed by atoms with Crippen LogP contribution in [0.5, 0.6) is 5.75 Å². The summed E-state index contributed by atoms with van der Waals surface area (Å²) in [6, 6.07) is 10.3. The van der Waals surface area contributed by atoms with E-state index in [2.05, 4.69) is 10.2 Å². The smallest absolute Gasteiger partial charge is 0.416 e. The Balaban J connectivity index is 1.35. The van der Waals surface area contributed by atoms with Crippen LogP contribution in [0, 0.1) is 0 Å². The van der Waals surface area contributed by atoms with Crippen molar-refractivity contribution in [2.75, 3.05) is 0 Å². The Kier molecular flexibility index (Phi) is 6.08. The van der Waals surface area contributed by atoms with Crippen LogP contribution in [0.2, 0.25) is 5.02 Å². The van der Waals surface area contributed by atoms with Crippen molar-refractivity contribution >= 4 is 17.7 Å². The quantitative estimate of drug-likeness (QED) is 0.468. The van der Waals surface area contributed by atoms with E-state index < -0.39 is 17.8 Å². The van der Waals surface area contributed by atoms with E-state index in [9.17, 15) is 23.1 Å². The Labute approximate surface area is 204 Å². The highest BCUT2D eigenvalue weighted by atomic mass is 35.5. The summed E-state index contributed by atoms with van der Waals surface area (Å²) in [6.45, 7) is 0.286. The zero-order valence-electron chi connectivity index (χ0n) is 18.5. The summed E-state index contributed by atoms with van der Waals surface area (Å²) in [6.07, 6.45) is -2.94. The molecule has 7 nitrogen and oxygen atoms in total. The SMILES string of the molecule is O=C(O)N1Cc2cc(Cl)ccc2-n2c(nnc2C2CCC(Oc3cccc(C(F)(F)F)c3)CC2)C1. The maximum Gasteiger partial charge on any atom is 0.416 e. The molecule has 1 aromatic heterocycles. The van der Waals surface area contributed by atoms with Crippen LogP contribution in [0.4, 0.5) is 18.0 Å². The molecule has 0 bridgehead atoms. The Bertz CT molecular complexity index is 1260. The lowest BCUT2D eigenvalue weighted by molar-refractivity contribution is -0.137. The van der Waals surface area contributed by atoms with E-state index in [0.717, 1.165) is 29.2 Å². The van der Waals surface area contributed by atoms with E-state index >= 15 is 0 Å². The van der Waals surface area contributed by atoms with Crippen LogP contribution in [0.15, 0.2) is 42.5 Å². The number of ether oxygens (including phenoxy) is 1. The van der Waals surface area contributed by atoms with Gasteiger partial charge in [0.2, 0.25) is 0 Å². The van der Waals surface area contributed by atoms with Crippen LogP contribution in [0.1, 0.15) is 54.4 Å². The predicted molar refractivity (Wildman–Crippen MR) is 121 cm³/mol. The highest BCUT2D eigenvalue weighted by Gasteiger charge is 2.33. The molecule has 0 radical (unpaired) electrons. The zero-order chi connectivity index (χ0) is 24.7. The van der Waals surface area contributed by atoms with Gasteiger partial charge in [0.15, 0.2) is 5.82 Å². The molecule has 184 valence electrons. The predicted octanol–water partition coefficient (Wildman–Crippen LogP) is 6.04. The summed E-state index contributed by atoms with van der Waals surface area (Å²) in [5, 5.41) is 18.8. The van der Waals surface area contributed by atoms with Crippen molar-refractivity contribution in [1.29, 1.82) is 0 Å². The molecule has 2 aromatic carbocycles. The summed E-state index contributed by atoms with van der Waals surface area (Å²) in [7, 11) is 0. The molecule has 1 N–H and O–H groups in total. The van der Waals surface area contributed by atoms with Crippen molar-refractivity contribution in [2.24, 2.45) is 0 Å². The number of carboxylic acid groups (broad SMARTS) is 1. The highest BCUT2D eigenvalue weighted by Crippen LogP contribution is 2.38. The van der Waals surface area contributed by atoms with Gasteiger partial charge in [-0.05, 0) is 67.6 Å². The second-order valence-corrected chi connectivity index (χ2v) is 9.28. The van der Waals surface area contributed by atoms with Gasteiger partial charge in [-0.3, -0.25) is 9.47 Å². The lowest BCUT2D eigenvalue weighted by Crippen LogP contribution is -2.28. The van der Waals surface area contributed by atoms with Gasteiger partial charge in [0.1, 0.15) is 11.6 Å². The van der Waals surface area contributed by atoms with Gasteiger partial charge < -0.3 is 9.84 Å². The van der Waals surface area contributed by atoms with Gasteiger partial charge in [0, 0.05) is 10.9 Å². The summed E-state index contributed by atoms with van der Waals surface area (Å²) < 4.78 is 46.8. The Hall–Kier alpha value is -3.27. The maximum absolute atomic E-state index is 13.0. The van der Waals surface area contributed by atoms with Crippen molar-refractivity contribution in [3.05, 3.63) is 70.3 Å². The van der Waals surface area contributed by atoms with Crippen LogP contribution >= 0.6 is 11.6 Å². The number of hydrogen-bond acceptors (Lipinski definition) is 4. The lowest BCUT2D eigenvalue weighted by Gasteiger charge is -2.29. The fourth-order valence-corrected chi connectivity index (χ4v) is 5.00. The Morgan fingerprint density at radius 1 is 1.06 bits per heavy atom. The highest BCUT2D eigenvalue weighted by molar-refractivity contribution is 6.30. The number of fused-ring (bicyclic) bond motifs is 3. The van der Waals surface area contributed by atoms with Gasteiger partial charge in [-0.1, -0.05) is 17.7 Å². The fourth-order valence-electron chi connectivity index (χ4n) is 4.80. The van der Waals surface area contributed by atoms with Crippen molar-refractivity contribution in [3.8, 4) is 11.4 Å². The molecule has 5 rings (SSSR count). The third-order valence-electron chi connectivity index (χ3n) is 6.51. The number of benzene rings is 2. The van der Waals surface area contributed by atoms with Crippen LogP contribution in [-0.2, 0) is 19.3 Å². The topological polar surface area (TPSA) is 80.5 Å². The number of alkyl halides is 3. The molecule has 1 saturated carbocycles. The molecular formula is C24H22ClF3N4O3. The molecule has 1 fully saturated rings. The van der Waals surface area contributed by atoms with E-state index in [4.69, 9.17) is 16.3 Å². The first-order chi connectivity index (χ1) is 16.7. The van der Waals surface area contributed by atoms with E-state index in [0.29, 0.717) is 36.5 Å². The zero-order valence-corrected chi connectivity index (χ0v) is 19.3. The molecule has 1 amide bonds. The molecule has 11 heteroatoms. The van der Waals surface area contributed by atoms with Gasteiger partial charge in [0.25, 0.3) is 0 Å². The summed E-state index contributed by atoms with van der Waals surface area (Å²) in [5.74, 6) is 1.54. The van der Waals surface area contributed by atoms with Crippen molar-refractivity contribution in [2.45, 2.75) is 57.0 Å². The Morgan fingerprint density at radius 3 is 2.54 bits per heavy atom. The number of amides is 1. The van der Waals surface area contributed by atoms with Gasteiger partial charge in [-0.15, -0.1) is 10.2 Å². The number of aromatic nitrogens is 3. The molecular weight excluding hydrogens is 485 g/mol. The fraction of sp³-hybridized carbons (Fsp3) is 0.375. The Morgan fingerprint density at radius 2 is 1.83 bits per heavy atom. The third kappa shape index (κ3) is 4.80. The van der Waals surface area contributed by atoms with E-state index in [1.807, 2.05) is 10.6 Å². The second-order valence-electron chi connectivity index (χ2n) is 8.84. The molecule has 3 aromatic rings. The van der Waals surface area contributed by atoms with E-state index in [-0.39, 0.29) is 30.9 Å². The van der Waals surface area contributed by atoms with Crippen LogP contribution in [0.25, 0.3) is 5.69 Å². The average Bonchev–Trinajstić information content (AvgIpc) is 3.14. The van der Waals surface area contributed by atoms with E-state index in [1.165, 1.54) is 17.0 Å². The number of nitrogens with zero attached hydrogens (tertiary/aromatic N) is 4. The van der Waals surface area contributed by atoms with Crippen LogP contribution < -0.4 is 4.74 Å². The van der Waals surface area contributed by atoms with Crippen LogP contribution in [0.3, 0.4) is 0 Å². The minimum atomic E-state index is -4.42.